The molecule has 0 aromatic heterocycles. The van der Waals surface area contributed by atoms with Gasteiger partial charge in [0.05, 0.1) is 0 Å². The average molecular weight is 341 g/mol. The summed E-state index contributed by atoms with van der Waals surface area (Å²) in [6.07, 6.45) is 6.70. The van der Waals surface area contributed by atoms with Gasteiger partial charge in [0.15, 0.2) is 5.50 Å². The number of likely N-dealkylation sites (tertiary alicyclic amines) is 1. The number of amides is 1. The number of carboxylic acid groups (broad SMARTS) is 1. The quantitative estimate of drug-likeness (QED) is 0.557. The molecule has 1 unspecified atom stereocenters. The molecular weight excluding hydrogens is 314 g/mol. The number of carbonyl (C=O) groups excluding carboxylic acids is 1. The first-order valence-electron chi connectivity index (χ1n) is 8.48. The largest absolute Gasteiger partial charge is 0.481 e. The summed E-state index contributed by atoms with van der Waals surface area (Å²) in [6.45, 7) is 3.27. The Balaban J connectivity index is 1.54. The SMILES string of the molecule is O=C(O)CCCCCC(=O)NC1NC(CN2CCCCC2)=CS1. The van der Waals surface area contributed by atoms with Crippen molar-refractivity contribution in [2.45, 2.75) is 56.9 Å². The van der Waals surface area contributed by atoms with Crippen LogP contribution in [0.3, 0.4) is 0 Å². The van der Waals surface area contributed by atoms with Crippen molar-refractivity contribution in [3.8, 4) is 0 Å². The van der Waals surface area contributed by atoms with E-state index in [0.29, 0.717) is 12.8 Å². The van der Waals surface area contributed by atoms with Crippen molar-refractivity contribution < 1.29 is 14.7 Å². The maximum atomic E-state index is 11.9. The van der Waals surface area contributed by atoms with E-state index in [4.69, 9.17) is 5.11 Å². The highest BCUT2D eigenvalue weighted by Crippen LogP contribution is 2.21. The zero-order valence-electron chi connectivity index (χ0n) is 13.6. The zero-order chi connectivity index (χ0) is 16.5. The number of carbonyl (C=O) groups is 2. The summed E-state index contributed by atoms with van der Waals surface area (Å²) in [4.78, 5) is 24.7. The maximum Gasteiger partial charge on any atom is 0.303 e. The molecule has 3 N–H and O–H groups in total. The number of piperidine rings is 1. The van der Waals surface area contributed by atoms with Crippen LogP contribution < -0.4 is 10.6 Å². The molecule has 23 heavy (non-hydrogen) atoms. The van der Waals surface area contributed by atoms with Gasteiger partial charge in [-0.2, -0.15) is 0 Å². The van der Waals surface area contributed by atoms with Crippen LogP contribution in [0.5, 0.6) is 0 Å². The highest BCUT2D eigenvalue weighted by Gasteiger charge is 2.20. The number of aliphatic carboxylic acids is 1. The van der Waals surface area contributed by atoms with E-state index in [0.717, 1.165) is 32.5 Å². The predicted molar refractivity (Wildman–Crippen MR) is 91.8 cm³/mol. The van der Waals surface area contributed by atoms with Crippen molar-refractivity contribution >= 4 is 23.6 Å². The molecule has 0 spiro atoms. The second-order valence-electron chi connectivity index (χ2n) is 6.16. The highest BCUT2D eigenvalue weighted by molar-refractivity contribution is 8.02. The Morgan fingerprint density at radius 1 is 1.22 bits per heavy atom. The minimum atomic E-state index is -0.770. The summed E-state index contributed by atoms with van der Waals surface area (Å²) in [7, 11) is 0. The van der Waals surface area contributed by atoms with Crippen LogP contribution in [0.4, 0.5) is 0 Å². The monoisotopic (exact) mass is 341 g/mol. The van der Waals surface area contributed by atoms with Gasteiger partial charge in [-0.05, 0) is 44.2 Å². The third-order valence-corrected chi connectivity index (χ3v) is 5.02. The van der Waals surface area contributed by atoms with Crippen LogP contribution in [-0.2, 0) is 9.59 Å². The van der Waals surface area contributed by atoms with Crippen LogP contribution in [0.15, 0.2) is 11.1 Å². The van der Waals surface area contributed by atoms with E-state index in [-0.39, 0.29) is 17.8 Å². The van der Waals surface area contributed by atoms with Crippen molar-refractivity contribution in [1.29, 1.82) is 0 Å². The lowest BCUT2D eigenvalue weighted by atomic mass is 10.1. The molecule has 7 heteroatoms. The van der Waals surface area contributed by atoms with Crippen molar-refractivity contribution in [3.63, 3.8) is 0 Å². The number of carboxylic acids is 1. The van der Waals surface area contributed by atoms with Crippen LogP contribution in [0, 0.1) is 0 Å². The number of hydrogen-bond acceptors (Lipinski definition) is 5. The third kappa shape index (κ3) is 7.26. The highest BCUT2D eigenvalue weighted by atomic mass is 32.2. The van der Waals surface area contributed by atoms with Gasteiger partial charge in [0.1, 0.15) is 0 Å². The smallest absolute Gasteiger partial charge is 0.303 e. The van der Waals surface area contributed by atoms with Crippen LogP contribution in [0.25, 0.3) is 0 Å². The van der Waals surface area contributed by atoms with Crippen LogP contribution >= 0.6 is 11.8 Å². The van der Waals surface area contributed by atoms with Crippen molar-refractivity contribution in [2.75, 3.05) is 19.6 Å². The molecule has 0 saturated carbocycles. The molecule has 0 radical (unpaired) electrons. The van der Waals surface area contributed by atoms with E-state index in [9.17, 15) is 9.59 Å². The first-order chi connectivity index (χ1) is 11.1. The van der Waals surface area contributed by atoms with E-state index in [1.54, 1.807) is 11.8 Å². The Morgan fingerprint density at radius 2 is 1.96 bits per heavy atom. The molecule has 0 bridgehead atoms. The molecule has 0 aliphatic carbocycles. The van der Waals surface area contributed by atoms with Gasteiger partial charge in [-0.25, -0.2) is 0 Å². The Hall–Kier alpha value is -1.21. The average Bonchev–Trinajstić information content (AvgIpc) is 2.94. The van der Waals surface area contributed by atoms with Crippen molar-refractivity contribution in [2.24, 2.45) is 0 Å². The van der Waals surface area contributed by atoms with Gasteiger partial charge in [-0.15, -0.1) is 0 Å². The van der Waals surface area contributed by atoms with Gasteiger partial charge in [0.2, 0.25) is 5.91 Å². The molecule has 6 nitrogen and oxygen atoms in total. The minimum Gasteiger partial charge on any atom is -0.481 e. The molecule has 130 valence electrons. The van der Waals surface area contributed by atoms with Gasteiger partial charge in [-0.3, -0.25) is 14.5 Å². The van der Waals surface area contributed by atoms with Gasteiger partial charge in [0.25, 0.3) is 0 Å². The summed E-state index contributed by atoms with van der Waals surface area (Å²) in [5, 5.41) is 17.0. The fraction of sp³-hybridized carbons (Fsp3) is 0.750. The normalized spacial score (nSPS) is 21.6. The zero-order valence-corrected chi connectivity index (χ0v) is 14.4. The Bertz CT molecular complexity index is 436. The number of unbranched alkanes of at least 4 members (excludes halogenated alkanes) is 2. The first kappa shape index (κ1) is 18.1. The fourth-order valence-electron chi connectivity index (χ4n) is 2.85. The summed E-state index contributed by atoms with van der Waals surface area (Å²) in [5.74, 6) is -0.744. The minimum absolute atomic E-state index is 0.0259. The maximum absolute atomic E-state index is 11.9. The molecule has 2 rings (SSSR count). The number of rotatable bonds is 9. The van der Waals surface area contributed by atoms with Crippen LogP contribution in [0.1, 0.15) is 51.4 Å². The summed E-state index contributed by atoms with van der Waals surface area (Å²) < 4.78 is 0. The standard InChI is InChI=1S/C16H27N3O3S/c20-14(7-3-1-4-8-15(21)22)18-16-17-13(12-23-16)11-19-9-5-2-6-10-19/h12,16-17H,1-11H2,(H,18,20)(H,21,22). The van der Waals surface area contributed by atoms with E-state index in [2.05, 4.69) is 20.9 Å². The number of nitrogens with zero attached hydrogens (tertiary/aromatic N) is 1. The van der Waals surface area contributed by atoms with E-state index in [1.165, 1.54) is 25.0 Å². The molecular formula is C16H27N3O3S. The lowest BCUT2D eigenvalue weighted by Crippen LogP contribution is -2.42. The van der Waals surface area contributed by atoms with E-state index in [1.807, 2.05) is 0 Å². The molecule has 1 saturated heterocycles. The van der Waals surface area contributed by atoms with E-state index < -0.39 is 5.97 Å². The molecule has 2 aliphatic heterocycles. The van der Waals surface area contributed by atoms with Crippen molar-refractivity contribution in [3.05, 3.63) is 11.1 Å². The summed E-state index contributed by atoms with van der Waals surface area (Å²) >= 11 is 1.61. The van der Waals surface area contributed by atoms with Gasteiger partial charge >= 0.3 is 5.97 Å². The Kier molecular flexibility index (Phi) is 7.74. The second kappa shape index (κ2) is 9.82. The molecule has 1 fully saturated rings. The summed E-state index contributed by atoms with van der Waals surface area (Å²) in [5.41, 5.74) is 1.12. The third-order valence-electron chi connectivity index (χ3n) is 4.09. The molecule has 1 atom stereocenters. The molecule has 2 heterocycles. The molecule has 0 aromatic carbocycles. The van der Waals surface area contributed by atoms with Gasteiger partial charge in [0, 0.05) is 25.1 Å². The molecule has 1 amide bonds. The second-order valence-corrected chi connectivity index (χ2v) is 7.14. The molecule has 2 aliphatic rings. The lowest BCUT2D eigenvalue weighted by molar-refractivity contribution is -0.137. The fourth-order valence-corrected chi connectivity index (χ4v) is 3.72. The predicted octanol–water partition coefficient (Wildman–Crippen LogP) is 2.08. The van der Waals surface area contributed by atoms with Crippen LogP contribution in [0.2, 0.25) is 0 Å². The van der Waals surface area contributed by atoms with E-state index >= 15 is 0 Å². The lowest BCUT2D eigenvalue weighted by Gasteiger charge is -2.27. The van der Waals surface area contributed by atoms with Gasteiger partial charge < -0.3 is 15.7 Å². The van der Waals surface area contributed by atoms with Crippen LogP contribution in [-0.4, -0.2) is 47.0 Å². The Labute approximate surface area is 142 Å². The van der Waals surface area contributed by atoms with Gasteiger partial charge in [-0.1, -0.05) is 24.6 Å². The Morgan fingerprint density at radius 3 is 2.70 bits per heavy atom. The topological polar surface area (TPSA) is 81.7 Å². The molecule has 0 aromatic rings. The number of thioether (sulfide) groups is 1. The number of hydrogen-bond donors (Lipinski definition) is 3. The first-order valence-corrected chi connectivity index (χ1v) is 9.42. The summed E-state index contributed by atoms with van der Waals surface area (Å²) in [6, 6.07) is 0. The van der Waals surface area contributed by atoms with Crippen molar-refractivity contribution in [1.82, 2.24) is 15.5 Å². The number of nitrogens with one attached hydrogen (secondary N) is 2.